The van der Waals surface area contributed by atoms with E-state index in [0.717, 1.165) is 10.0 Å². The lowest BCUT2D eigenvalue weighted by Crippen LogP contribution is -2.01. The Balaban J connectivity index is 2.29. The first-order valence-corrected chi connectivity index (χ1v) is 5.52. The van der Waals surface area contributed by atoms with Crippen molar-refractivity contribution in [1.29, 1.82) is 0 Å². The van der Waals surface area contributed by atoms with Gasteiger partial charge < -0.3 is 9.47 Å². The lowest BCUT2D eigenvalue weighted by atomic mass is 10.5. The molecule has 0 radical (unpaired) electrons. The molecule has 1 aromatic rings. The molecule has 0 aliphatic heterocycles. The summed E-state index contributed by atoms with van der Waals surface area (Å²) in [4.78, 5) is 0. The molecule has 4 nitrogen and oxygen atoms in total. The van der Waals surface area contributed by atoms with E-state index in [0.29, 0.717) is 19.8 Å². The van der Waals surface area contributed by atoms with E-state index in [4.69, 9.17) is 21.1 Å². The van der Waals surface area contributed by atoms with Crippen molar-refractivity contribution in [2.45, 2.75) is 18.9 Å². The van der Waals surface area contributed by atoms with E-state index in [1.54, 1.807) is 7.11 Å². The second-order valence-corrected chi connectivity index (χ2v) is 4.44. The smallest absolute Gasteiger partial charge is 0.143 e. The van der Waals surface area contributed by atoms with Crippen LogP contribution in [0.4, 0.5) is 0 Å². The molecule has 0 aliphatic carbocycles. The summed E-state index contributed by atoms with van der Waals surface area (Å²) in [5.74, 6) is 0. The number of aromatic nitrogens is 2. The van der Waals surface area contributed by atoms with Crippen LogP contribution in [0.2, 0.25) is 0 Å². The first-order valence-electron chi connectivity index (χ1n) is 4.27. The highest BCUT2D eigenvalue weighted by atomic mass is 35.5. The zero-order valence-electron chi connectivity index (χ0n) is 8.20. The van der Waals surface area contributed by atoms with Gasteiger partial charge in [-0.25, -0.2) is 0 Å². The third-order valence-corrected chi connectivity index (χ3v) is 2.90. The van der Waals surface area contributed by atoms with Gasteiger partial charge >= 0.3 is 0 Å². The van der Waals surface area contributed by atoms with Gasteiger partial charge in [-0.15, -0.1) is 21.8 Å². The molecule has 0 saturated carbocycles. The minimum absolute atomic E-state index is 0.0831. The number of hydrogen-bond acceptors (Lipinski definition) is 5. The van der Waals surface area contributed by atoms with Crippen molar-refractivity contribution in [1.82, 2.24) is 10.2 Å². The second-order valence-electron chi connectivity index (χ2n) is 2.70. The zero-order valence-corrected chi connectivity index (χ0v) is 9.77. The van der Waals surface area contributed by atoms with Gasteiger partial charge in [-0.05, 0) is 6.92 Å². The third-order valence-electron chi connectivity index (χ3n) is 1.48. The summed E-state index contributed by atoms with van der Waals surface area (Å²) in [5, 5.41) is 9.49. The van der Waals surface area contributed by atoms with Crippen LogP contribution in [0.3, 0.4) is 0 Å². The molecule has 0 saturated heterocycles. The van der Waals surface area contributed by atoms with Gasteiger partial charge in [-0.1, -0.05) is 11.3 Å². The highest BCUT2D eigenvalue weighted by molar-refractivity contribution is 7.11. The van der Waals surface area contributed by atoms with Gasteiger partial charge in [0.1, 0.15) is 16.6 Å². The minimum atomic E-state index is -0.0831. The summed E-state index contributed by atoms with van der Waals surface area (Å²) in [6.07, 6.45) is 0. The molecule has 1 heterocycles. The van der Waals surface area contributed by atoms with Crippen molar-refractivity contribution in [2.24, 2.45) is 0 Å². The average Bonchev–Trinajstić information content (AvgIpc) is 2.61. The molecule has 0 fully saturated rings. The number of alkyl halides is 1. The second kappa shape index (κ2) is 6.29. The Morgan fingerprint density at radius 1 is 1.43 bits per heavy atom. The first kappa shape index (κ1) is 11.8. The van der Waals surface area contributed by atoms with E-state index in [2.05, 4.69) is 10.2 Å². The van der Waals surface area contributed by atoms with Crippen LogP contribution in [0.25, 0.3) is 0 Å². The molecule has 1 rings (SSSR count). The quantitative estimate of drug-likeness (QED) is 0.560. The van der Waals surface area contributed by atoms with E-state index in [-0.39, 0.29) is 5.38 Å². The monoisotopic (exact) mass is 236 g/mol. The van der Waals surface area contributed by atoms with Crippen LogP contribution in [-0.2, 0) is 16.1 Å². The fourth-order valence-corrected chi connectivity index (χ4v) is 1.67. The molecule has 14 heavy (non-hydrogen) atoms. The normalized spacial score (nSPS) is 13.1. The molecule has 1 unspecified atom stereocenters. The summed E-state index contributed by atoms with van der Waals surface area (Å²) in [6.45, 7) is 3.52. The number of halogens is 1. The van der Waals surface area contributed by atoms with E-state index >= 15 is 0 Å². The van der Waals surface area contributed by atoms with Gasteiger partial charge in [-0.3, -0.25) is 0 Å². The van der Waals surface area contributed by atoms with Crippen LogP contribution >= 0.6 is 22.9 Å². The topological polar surface area (TPSA) is 44.2 Å². The van der Waals surface area contributed by atoms with Crippen molar-refractivity contribution in [3.8, 4) is 0 Å². The summed E-state index contributed by atoms with van der Waals surface area (Å²) in [5.41, 5.74) is 0. The molecule has 80 valence electrons. The van der Waals surface area contributed by atoms with Crippen LogP contribution in [-0.4, -0.2) is 30.5 Å². The molecule has 6 heteroatoms. The van der Waals surface area contributed by atoms with Gasteiger partial charge in [0.2, 0.25) is 0 Å². The summed E-state index contributed by atoms with van der Waals surface area (Å²) >= 11 is 7.33. The minimum Gasteiger partial charge on any atom is -0.382 e. The van der Waals surface area contributed by atoms with Gasteiger partial charge in [-0.2, -0.15) is 0 Å². The van der Waals surface area contributed by atoms with Gasteiger partial charge in [0.15, 0.2) is 0 Å². The van der Waals surface area contributed by atoms with Crippen molar-refractivity contribution in [3.63, 3.8) is 0 Å². The third kappa shape index (κ3) is 3.88. The SMILES string of the molecule is COCCOCc1nnc(C(C)Cl)s1. The Bertz CT molecular complexity index is 268. The number of hydrogen-bond donors (Lipinski definition) is 0. The number of ether oxygens (including phenoxy) is 2. The first-order chi connectivity index (χ1) is 6.74. The fraction of sp³-hybridized carbons (Fsp3) is 0.750. The van der Waals surface area contributed by atoms with Crippen LogP contribution in [0.5, 0.6) is 0 Å². The summed E-state index contributed by atoms with van der Waals surface area (Å²) < 4.78 is 10.1. The maximum absolute atomic E-state index is 5.85. The van der Waals surface area contributed by atoms with Crippen molar-refractivity contribution in [2.75, 3.05) is 20.3 Å². The van der Waals surface area contributed by atoms with Crippen LogP contribution in [0, 0.1) is 0 Å². The highest BCUT2D eigenvalue weighted by Crippen LogP contribution is 2.22. The van der Waals surface area contributed by atoms with Crippen LogP contribution in [0.1, 0.15) is 22.3 Å². The molecule has 0 N–H and O–H groups in total. The maximum Gasteiger partial charge on any atom is 0.143 e. The molecule has 0 aliphatic rings. The number of nitrogens with zero attached hydrogens (tertiary/aromatic N) is 2. The van der Waals surface area contributed by atoms with E-state index in [1.807, 2.05) is 6.92 Å². The van der Waals surface area contributed by atoms with E-state index in [9.17, 15) is 0 Å². The van der Waals surface area contributed by atoms with Gasteiger partial charge in [0.05, 0.1) is 18.6 Å². The molecule has 0 spiro atoms. The Morgan fingerprint density at radius 3 is 2.79 bits per heavy atom. The Hall–Kier alpha value is -0.230. The lowest BCUT2D eigenvalue weighted by Gasteiger charge is -1.99. The molecular weight excluding hydrogens is 224 g/mol. The van der Waals surface area contributed by atoms with E-state index < -0.39 is 0 Å². The zero-order chi connectivity index (χ0) is 10.4. The molecule has 1 aromatic heterocycles. The Labute approximate surface area is 92.2 Å². The molecular formula is C8H13ClN2O2S. The standard InChI is InChI=1S/C8H13ClN2O2S/c1-6(9)8-11-10-7(14-8)5-13-4-3-12-2/h6H,3-5H2,1-2H3. The fourth-order valence-electron chi connectivity index (χ4n) is 0.787. The summed E-state index contributed by atoms with van der Waals surface area (Å²) in [6, 6.07) is 0. The largest absolute Gasteiger partial charge is 0.382 e. The van der Waals surface area contributed by atoms with Gasteiger partial charge in [0.25, 0.3) is 0 Å². The van der Waals surface area contributed by atoms with Crippen molar-refractivity contribution < 1.29 is 9.47 Å². The molecule has 1 atom stereocenters. The van der Waals surface area contributed by atoms with Crippen molar-refractivity contribution >= 4 is 22.9 Å². The lowest BCUT2D eigenvalue weighted by molar-refractivity contribution is 0.0613. The highest BCUT2D eigenvalue weighted by Gasteiger charge is 2.08. The van der Waals surface area contributed by atoms with Crippen LogP contribution in [0.15, 0.2) is 0 Å². The van der Waals surface area contributed by atoms with Crippen LogP contribution < -0.4 is 0 Å². The molecule has 0 amide bonds. The average molecular weight is 237 g/mol. The summed E-state index contributed by atoms with van der Waals surface area (Å²) in [7, 11) is 1.64. The Morgan fingerprint density at radius 2 is 2.21 bits per heavy atom. The number of rotatable bonds is 6. The van der Waals surface area contributed by atoms with Crippen molar-refractivity contribution in [3.05, 3.63) is 10.0 Å². The molecule has 0 bridgehead atoms. The predicted molar refractivity (Wildman–Crippen MR) is 55.7 cm³/mol. The Kier molecular flexibility index (Phi) is 5.32. The van der Waals surface area contributed by atoms with E-state index in [1.165, 1.54) is 11.3 Å². The molecule has 0 aromatic carbocycles. The predicted octanol–water partition coefficient (Wildman–Crippen LogP) is 2.00. The number of methoxy groups -OCH3 is 1. The van der Waals surface area contributed by atoms with Gasteiger partial charge in [0, 0.05) is 7.11 Å². The maximum atomic E-state index is 5.85.